The summed E-state index contributed by atoms with van der Waals surface area (Å²) < 4.78 is 7.32. The molecule has 0 radical (unpaired) electrons. The number of nitrogens with zero attached hydrogens (tertiary/aromatic N) is 4. The maximum atomic E-state index is 12.9. The van der Waals surface area contributed by atoms with Crippen molar-refractivity contribution in [2.45, 2.75) is 43.5 Å². The number of piperidine rings is 1. The van der Waals surface area contributed by atoms with Crippen LogP contribution in [0, 0.1) is 6.92 Å². The molecular weight excluding hydrogens is 422 g/mol. The number of ether oxygens (including phenoxy) is 1. The van der Waals surface area contributed by atoms with Crippen LogP contribution in [0.25, 0.3) is 5.69 Å². The summed E-state index contributed by atoms with van der Waals surface area (Å²) in [5.41, 5.74) is 2.90. The molecule has 1 saturated heterocycles. The van der Waals surface area contributed by atoms with Gasteiger partial charge in [-0.3, -0.25) is 9.36 Å². The van der Waals surface area contributed by atoms with Gasteiger partial charge >= 0.3 is 0 Å². The molecule has 1 atom stereocenters. The maximum absolute atomic E-state index is 12.9. The van der Waals surface area contributed by atoms with Gasteiger partial charge < -0.3 is 15.0 Å². The van der Waals surface area contributed by atoms with Crippen molar-refractivity contribution in [2.75, 3.05) is 30.4 Å². The lowest BCUT2D eigenvalue weighted by atomic mass is 10.1. The highest BCUT2D eigenvalue weighted by molar-refractivity contribution is 8.00. The van der Waals surface area contributed by atoms with Gasteiger partial charge in [0.15, 0.2) is 5.16 Å². The van der Waals surface area contributed by atoms with E-state index in [4.69, 9.17) is 4.74 Å². The summed E-state index contributed by atoms with van der Waals surface area (Å²) in [4.78, 5) is 15.2. The number of aryl methyl sites for hydroxylation is 1. The molecule has 1 amide bonds. The lowest BCUT2D eigenvalue weighted by Crippen LogP contribution is -2.31. The molecule has 0 bridgehead atoms. The Morgan fingerprint density at radius 1 is 1.09 bits per heavy atom. The fraction of sp³-hybridized carbons (Fsp3) is 0.375. The molecule has 0 spiro atoms. The van der Waals surface area contributed by atoms with Crippen molar-refractivity contribution in [2.24, 2.45) is 0 Å². The van der Waals surface area contributed by atoms with Gasteiger partial charge in [0, 0.05) is 24.8 Å². The second kappa shape index (κ2) is 10.1. The monoisotopic (exact) mass is 451 g/mol. The fourth-order valence-electron chi connectivity index (χ4n) is 3.71. The predicted octanol–water partition coefficient (Wildman–Crippen LogP) is 4.69. The number of amides is 1. The predicted molar refractivity (Wildman–Crippen MR) is 129 cm³/mol. The molecule has 168 valence electrons. The average Bonchev–Trinajstić information content (AvgIpc) is 3.23. The van der Waals surface area contributed by atoms with Gasteiger partial charge in [0.25, 0.3) is 0 Å². The van der Waals surface area contributed by atoms with Crippen molar-refractivity contribution in [1.82, 2.24) is 14.8 Å². The van der Waals surface area contributed by atoms with Crippen LogP contribution >= 0.6 is 11.8 Å². The molecular formula is C24H29N5O2S. The standard InChI is InChI=1S/C24H29N5O2S/c1-17-10-12-20(13-11-17)29-23(28-14-5-4-6-15-28)26-27-24(29)32-18(2)22(30)25-19-8-7-9-21(16-19)31-3/h7-13,16,18H,4-6,14-15H2,1-3H3,(H,25,30). The quantitative estimate of drug-likeness (QED) is 0.525. The lowest BCUT2D eigenvalue weighted by Gasteiger charge is -2.28. The van der Waals surface area contributed by atoms with Crippen LogP contribution in [-0.4, -0.2) is 46.1 Å². The molecule has 4 rings (SSSR count). The van der Waals surface area contributed by atoms with Crippen molar-refractivity contribution in [1.29, 1.82) is 0 Å². The summed E-state index contributed by atoms with van der Waals surface area (Å²) >= 11 is 1.41. The highest BCUT2D eigenvalue weighted by atomic mass is 32.2. The molecule has 0 aliphatic carbocycles. The Balaban J connectivity index is 1.57. The minimum Gasteiger partial charge on any atom is -0.497 e. The van der Waals surface area contributed by atoms with Crippen LogP contribution in [0.1, 0.15) is 31.7 Å². The fourth-order valence-corrected chi connectivity index (χ4v) is 4.58. The van der Waals surface area contributed by atoms with Gasteiger partial charge in [-0.2, -0.15) is 0 Å². The van der Waals surface area contributed by atoms with Crippen LogP contribution < -0.4 is 15.0 Å². The first-order valence-corrected chi connectivity index (χ1v) is 11.8. The van der Waals surface area contributed by atoms with Gasteiger partial charge in [0.2, 0.25) is 11.9 Å². The third-order valence-corrected chi connectivity index (χ3v) is 6.58. The van der Waals surface area contributed by atoms with Crippen LogP contribution in [0.5, 0.6) is 5.75 Å². The first-order chi connectivity index (χ1) is 15.5. The highest BCUT2D eigenvalue weighted by Crippen LogP contribution is 2.31. The van der Waals surface area contributed by atoms with Crippen molar-refractivity contribution in [3.8, 4) is 11.4 Å². The summed E-state index contributed by atoms with van der Waals surface area (Å²) in [6.45, 7) is 5.90. The van der Waals surface area contributed by atoms with Gasteiger partial charge in [-0.15, -0.1) is 10.2 Å². The van der Waals surface area contributed by atoms with E-state index in [1.54, 1.807) is 13.2 Å². The van der Waals surface area contributed by atoms with E-state index in [1.807, 2.05) is 25.1 Å². The van der Waals surface area contributed by atoms with E-state index in [9.17, 15) is 4.79 Å². The summed E-state index contributed by atoms with van der Waals surface area (Å²) in [6.07, 6.45) is 3.56. The normalized spacial score (nSPS) is 14.8. The van der Waals surface area contributed by atoms with Crippen molar-refractivity contribution in [3.05, 3.63) is 54.1 Å². The number of carbonyl (C=O) groups is 1. The summed E-state index contributed by atoms with van der Waals surface area (Å²) in [5.74, 6) is 1.45. The van der Waals surface area contributed by atoms with E-state index in [1.165, 1.54) is 23.7 Å². The smallest absolute Gasteiger partial charge is 0.237 e. The molecule has 1 fully saturated rings. The maximum Gasteiger partial charge on any atom is 0.237 e. The number of nitrogens with one attached hydrogen (secondary N) is 1. The minimum absolute atomic E-state index is 0.0961. The second-order valence-corrected chi connectivity index (χ2v) is 9.29. The molecule has 7 nitrogen and oxygen atoms in total. The number of anilines is 2. The van der Waals surface area contributed by atoms with Gasteiger partial charge in [0.1, 0.15) is 5.75 Å². The van der Waals surface area contributed by atoms with Gasteiger partial charge in [0.05, 0.1) is 18.0 Å². The number of aromatic nitrogens is 3. The topological polar surface area (TPSA) is 72.3 Å². The Bertz CT molecular complexity index is 1060. The number of carbonyl (C=O) groups excluding carboxylic acids is 1. The third kappa shape index (κ3) is 5.07. The van der Waals surface area contributed by atoms with Crippen molar-refractivity contribution >= 4 is 29.3 Å². The minimum atomic E-state index is -0.358. The molecule has 8 heteroatoms. The molecule has 0 saturated carbocycles. The van der Waals surface area contributed by atoms with E-state index >= 15 is 0 Å². The van der Waals surface area contributed by atoms with E-state index in [2.05, 4.69) is 56.2 Å². The molecule has 32 heavy (non-hydrogen) atoms. The summed E-state index contributed by atoms with van der Waals surface area (Å²) in [5, 5.41) is 12.3. The zero-order valence-electron chi connectivity index (χ0n) is 18.7. The molecule has 1 unspecified atom stereocenters. The molecule has 1 aliphatic heterocycles. The van der Waals surface area contributed by atoms with Gasteiger partial charge in [-0.05, 0) is 57.4 Å². The average molecular weight is 452 g/mol. The third-order valence-electron chi connectivity index (χ3n) is 5.54. The number of thioether (sulfide) groups is 1. The Morgan fingerprint density at radius 3 is 2.56 bits per heavy atom. The van der Waals surface area contributed by atoms with Gasteiger partial charge in [-0.25, -0.2) is 0 Å². The Kier molecular flexibility index (Phi) is 6.99. The van der Waals surface area contributed by atoms with E-state index < -0.39 is 0 Å². The van der Waals surface area contributed by atoms with Crippen molar-refractivity contribution in [3.63, 3.8) is 0 Å². The zero-order chi connectivity index (χ0) is 22.5. The Hall–Kier alpha value is -3.00. The Labute approximate surface area is 193 Å². The molecule has 1 N–H and O–H groups in total. The van der Waals surface area contributed by atoms with E-state index in [0.29, 0.717) is 16.6 Å². The molecule has 3 aromatic rings. The van der Waals surface area contributed by atoms with Gasteiger partial charge in [-0.1, -0.05) is 35.5 Å². The SMILES string of the molecule is COc1cccc(NC(=O)C(C)Sc2nnc(N3CCCCC3)n2-c2ccc(C)cc2)c1. The van der Waals surface area contributed by atoms with Crippen molar-refractivity contribution < 1.29 is 9.53 Å². The lowest BCUT2D eigenvalue weighted by molar-refractivity contribution is -0.115. The zero-order valence-corrected chi connectivity index (χ0v) is 19.6. The van der Waals surface area contributed by atoms with Crippen LogP contribution in [0.4, 0.5) is 11.6 Å². The highest BCUT2D eigenvalue weighted by Gasteiger charge is 2.24. The number of rotatable bonds is 7. The molecule has 2 heterocycles. The van der Waals surface area contributed by atoms with Crippen LogP contribution in [0.15, 0.2) is 53.7 Å². The largest absolute Gasteiger partial charge is 0.497 e. The number of hydrogen-bond acceptors (Lipinski definition) is 6. The van der Waals surface area contributed by atoms with Crippen LogP contribution in [-0.2, 0) is 4.79 Å². The summed E-state index contributed by atoms with van der Waals surface area (Å²) in [7, 11) is 1.61. The first kappa shape index (κ1) is 22.2. The Morgan fingerprint density at radius 2 is 1.84 bits per heavy atom. The summed E-state index contributed by atoms with van der Waals surface area (Å²) in [6, 6.07) is 15.7. The molecule has 1 aromatic heterocycles. The first-order valence-electron chi connectivity index (χ1n) is 10.9. The van der Waals surface area contributed by atoms with E-state index in [-0.39, 0.29) is 11.2 Å². The van der Waals surface area contributed by atoms with Crippen LogP contribution in [0.3, 0.4) is 0 Å². The second-order valence-electron chi connectivity index (χ2n) is 7.98. The molecule has 1 aliphatic rings. The molecule has 2 aromatic carbocycles. The number of methoxy groups -OCH3 is 1. The van der Waals surface area contributed by atoms with Crippen LogP contribution in [0.2, 0.25) is 0 Å². The van der Waals surface area contributed by atoms with E-state index in [0.717, 1.165) is 37.6 Å². The number of benzene rings is 2. The number of hydrogen-bond donors (Lipinski definition) is 1.